The zero-order valence-electron chi connectivity index (χ0n) is 20.7. The molecule has 1 amide bonds. The summed E-state index contributed by atoms with van der Waals surface area (Å²) in [4.78, 5) is 37.4. The minimum atomic E-state index is -0.378. The summed E-state index contributed by atoms with van der Waals surface area (Å²) in [7, 11) is 0. The van der Waals surface area contributed by atoms with E-state index in [1.807, 2.05) is 25.7 Å². The van der Waals surface area contributed by atoms with Crippen LogP contribution in [0.2, 0.25) is 0 Å². The van der Waals surface area contributed by atoms with E-state index in [-0.39, 0.29) is 48.0 Å². The van der Waals surface area contributed by atoms with Gasteiger partial charge in [0.05, 0.1) is 13.2 Å². The highest BCUT2D eigenvalue weighted by atomic mass is 19.1. The van der Waals surface area contributed by atoms with Crippen molar-refractivity contribution in [3.8, 4) is 5.88 Å². The molecule has 8 heteroatoms. The largest absolute Gasteiger partial charge is 0.475 e. The van der Waals surface area contributed by atoms with Crippen molar-refractivity contribution in [2.45, 2.75) is 58.5 Å². The number of carbonyl (C=O) groups excluding carboxylic acids is 2. The number of aromatic nitrogens is 2. The highest BCUT2D eigenvalue weighted by Crippen LogP contribution is 2.34. The highest BCUT2D eigenvalue weighted by Gasteiger charge is 2.39. The maximum Gasteiger partial charge on any atom is 0.226 e. The maximum absolute atomic E-state index is 13.5. The number of amides is 1. The van der Waals surface area contributed by atoms with Crippen LogP contribution in [0.25, 0.3) is 0 Å². The predicted molar refractivity (Wildman–Crippen MR) is 129 cm³/mol. The average molecular weight is 484 g/mol. The van der Waals surface area contributed by atoms with Crippen LogP contribution in [0.15, 0.2) is 30.3 Å². The Morgan fingerprint density at radius 1 is 1.14 bits per heavy atom. The first-order valence-corrected chi connectivity index (χ1v) is 12.5. The van der Waals surface area contributed by atoms with E-state index < -0.39 is 0 Å². The Labute approximate surface area is 206 Å². The molecule has 2 aliphatic rings. The molecular formula is C27H34FN3O4. The number of aryl methyl sites for hydroxylation is 1. The summed E-state index contributed by atoms with van der Waals surface area (Å²) in [5.74, 6) is 0.238. The van der Waals surface area contributed by atoms with Gasteiger partial charge in [0.2, 0.25) is 11.8 Å². The smallest absolute Gasteiger partial charge is 0.226 e. The van der Waals surface area contributed by atoms with Gasteiger partial charge in [-0.25, -0.2) is 9.37 Å². The van der Waals surface area contributed by atoms with Crippen molar-refractivity contribution in [3.63, 3.8) is 0 Å². The van der Waals surface area contributed by atoms with E-state index in [9.17, 15) is 14.0 Å². The van der Waals surface area contributed by atoms with Crippen LogP contribution in [-0.2, 0) is 9.53 Å². The van der Waals surface area contributed by atoms with Crippen LogP contribution < -0.4 is 4.74 Å². The second-order valence-corrected chi connectivity index (χ2v) is 9.82. The fraction of sp³-hybridized carbons (Fsp3) is 0.556. The molecule has 0 N–H and O–H groups in total. The molecule has 1 aromatic carbocycles. The van der Waals surface area contributed by atoms with E-state index >= 15 is 0 Å². The van der Waals surface area contributed by atoms with E-state index in [0.717, 1.165) is 24.4 Å². The molecule has 0 spiro atoms. The Morgan fingerprint density at radius 2 is 1.86 bits per heavy atom. The number of hydrogen-bond acceptors (Lipinski definition) is 6. The average Bonchev–Trinajstić information content (AvgIpc) is 2.87. The van der Waals surface area contributed by atoms with Gasteiger partial charge in [-0.05, 0) is 44.0 Å². The van der Waals surface area contributed by atoms with Crippen molar-refractivity contribution in [1.82, 2.24) is 14.9 Å². The molecule has 0 radical (unpaired) electrons. The van der Waals surface area contributed by atoms with Gasteiger partial charge in [0, 0.05) is 41.6 Å². The quantitative estimate of drug-likeness (QED) is 0.545. The Kier molecular flexibility index (Phi) is 8.11. The Morgan fingerprint density at radius 3 is 2.57 bits per heavy atom. The standard InChI is InChI=1S/C27H34FN3O4/c1-17(2)26-29-18(3)14-24(30-26)35-16-21-15-31(12-13-34-21)27(33)23-7-5-4-6-22(23)25(32)19-8-10-20(28)11-9-19/h8-11,14,17,21-23H,4-7,12-13,15-16H2,1-3H3/t21?,22-,23-/m1/s1. The molecule has 1 unspecified atom stereocenters. The first-order valence-electron chi connectivity index (χ1n) is 12.5. The number of ether oxygens (including phenoxy) is 2. The molecule has 1 aromatic heterocycles. The van der Waals surface area contributed by atoms with Crippen LogP contribution >= 0.6 is 0 Å². The number of carbonyl (C=O) groups is 2. The van der Waals surface area contributed by atoms with Crippen LogP contribution in [0, 0.1) is 24.6 Å². The molecule has 1 saturated heterocycles. The maximum atomic E-state index is 13.5. The molecule has 1 aliphatic carbocycles. The lowest BCUT2D eigenvalue weighted by atomic mass is 9.74. The number of halogens is 1. The van der Waals surface area contributed by atoms with E-state index in [1.54, 1.807) is 6.07 Å². The number of Topliss-reactive ketones (excluding diaryl/α,β-unsaturated/α-hetero) is 1. The fourth-order valence-electron chi connectivity index (χ4n) is 4.90. The zero-order valence-corrected chi connectivity index (χ0v) is 20.7. The van der Waals surface area contributed by atoms with Gasteiger partial charge in [-0.1, -0.05) is 26.7 Å². The Bertz CT molecular complexity index is 1040. The lowest BCUT2D eigenvalue weighted by Crippen LogP contribution is -2.51. The molecule has 188 valence electrons. The molecule has 1 saturated carbocycles. The Hall–Kier alpha value is -2.87. The fourth-order valence-corrected chi connectivity index (χ4v) is 4.90. The second kappa shape index (κ2) is 11.2. The first-order chi connectivity index (χ1) is 16.8. The first kappa shape index (κ1) is 25.2. The minimum Gasteiger partial charge on any atom is -0.475 e. The summed E-state index contributed by atoms with van der Waals surface area (Å²) < 4.78 is 25.1. The minimum absolute atomic E-state index is 0.00145. The van der Waals surface area contributed by atoms with E-state index in [0.29, 0.717) is 44.0 Å². The lowest BCUT2D eigenvalue weighted by molar-refractivity contribution is -0.146. The van der Waals surface area contributed by atoms with Crippen LogP contribution in [-0.4, -0.2) is 59.0 Å². The summed E-state index contributed by atoms with van der Waals surface area (Å²) in [6, 6.07) is 7.40. The summed E-state index contributed by atoms with van der Waals surface area (Å²) in [5, 5.41) is 0. The third-order valence-corrected chi connectivity index (χ3v) is 6.78. The Balaban J connectivity index is 1.39. The number of benzene rings is 1. The van der Waals surface area contributed by atoms with E-state index in [2.05, 4.69) is 9.97 Å². The van der Waals surface area contributed by atoms with Gasteiger partial charge in [0.15, 0.2) is 5.78 Å². The van der Waals surface area contributed by atoms with Crippen molar-refractivity contribution in [1.29, 1.82) is 0 Å². The number of rotatable bonds is 7. The SMILES string of the molecule is Cc1cc(OCC2CN(C(=O)[C@@H]3CCCC[C@H]3C(=O)c3ccc(F)cc3)CCO2)nc(C(C)C)n1. The molecule has 0 bridgehead atoms. The summed E-state index contributed by atoms with van der Waals surface area (Å²) in [6.07, 6.45) is 2.92. The molecule has 3 atom stereocenters. The number of morpholine rings is 1. The van der Waals surface area contributed by atoms with Crippen LogP contribution in [0.1, 0.15) is 67.3 Å². The number of nitrogens with zero attached hydrogens (tertiary/aromatic N) is 3. The highest BCUT2D eigenvalue weighted by molar-refractivity contribution is 6.00. The topological polar surface area (TPSA) is 81.6 Å². The molecular weight excluding hydrogens is 449 g/mol. The third kappa shape index (κ3) is 6.23. The van der Waals surface area contributed by atoms with Crippen molar-refractivity contribution >= 4 is 11.7 Å². The normalized spacial score (nSPS) is 22.8. The molecule has 2 aromatic rings. The van der Waals surface area contributed by atoms with Gasteiger partial charge in [-0.3, -0.25) is 9.59 Å². The van der Waals surface area contributed by atoms with Gasteiger partial charge < -0.3 is 14.4 Å². The van der Waals surface area contributed by atoms with Crippen LogP contribution in [0.3, 0.4) is 0 Å². The van der Waals surface area contributed by atoms with Crippen molar-refractivity contribution in [3.05, 3.63) is 53.2 Å². The van der Waals surface area contributed by atoms with Gasteiger partial charge in [-0.15, -0.1) is 0 Å². The number of ketones is 1. The zero-order chi connectivity index (χ0) is 24.9. The summed E-state index contributed by atoms with van der Waals surface area (Å²) in [6.45, 7) is 7.58. The van der Waals surface area contributed by atoms with Crippen LogP contribution in [0.4, 0.5) is 4.39 Å². The van der Waals surface area contributed by atoms with Gasteiger partial charge in [-0.2, -0.15) is 4.98 Å². The van der Waals surface area contributed by atoms with E-state index in [1.165, 1.54) is 24.3 Å². The molecule has 2 heterocycles. The predicted octanol–water partition coefficient (Wildman–Crippen LogP) is 4.34. The van der Waals surface area contributed by atoms with Crippen LogP contribution in [0.5, 0.6) is 5.88 Å². The third-order valence-electron chi connectivity index (χ3n) is 6.78. The van der Waals surface area contributed by atoms with Gasteiger partial charge >= 0.3 is 0 Å². The summed E-state index contributed by atoms with van der Waals surface area (Å²) >= 11 is 0. The van der Waals surface area contributed by atoms with E-state index in [4.69, 9.17) is 9.47 Å². The molecule has 2 fully saturated rings. The monoisotopic (exact) mass is 483 g/mol. The van der Waals surface area contributed by atoms with Crippen molar-refractivity contribution in [2.75, 3.05) is 26.3 Å². The van der Waals surface area contributed by atoms with Gasteiger partial charge in [0.1, 0.15) is 24.4 Å². The number of hydrogen-bond donors (Lipinski definition) is 0. The molecule has 35 heavy (non-hydrogen) atoms. The molecule has 7 nitrogen and oxygen atoms in total. The van der Waals surface area contributed by atoms with Crippen molar-refractivity contribution < 1.29 is 23.5 Å². The lowest BCUT2D eigenvalue weighted by Gasteiger charge is -2.38. The molecule has 1 aliphatic heterocycles. The second-order valence-electron chi connectivity index (χ2n) is 9.82. The van der Waals surface area contributed by atoms with Gasteiger partial charge in [0.25, 0.3) is 0 Å². The van der Waals surface area contributed by atoms with Crippen molar-refractivity contribution in [2.24, 2.45) is 11.8 Å². The molecule has 4 rings (SSSR count). The summed E-state index contributed by atoms with van der Waals surface area (Å²) in [5.41, 5.74) is 1.31.